The van der Waals surface area contributed by atoms with Crippen LogP contribution in [0.5, 0.6) is 0 Å². The van der Waals surface area contributed by atoms with E-state index in [0.29, 0.717) is 11.9 Å². The molecule has 0 aliphatic carbocycles. The van der Waals surface area contributed by atoms with E-state index >= 15 is 0 Å². The maximum absolute atomic E-state index is 6.09. The van der Waals surface area contributed by atoms with Gasteiger partial charge in [-0.3, -0.25) is 0 Å². The number of likely N-dealkylation sites (tertiary alicyclic amines) is 1. The first kappa shape index (κ1) is 13.8. The van der Waals surface area contributed by atoms with E-state index in [9.17, 15) is 0 Å². The van der Waals surface area contributed by atoms with Crippen LogP contribution in [0.3, 0.4) is 0 Å². The first-order valence-corrected chi connectivity index (χ1v) is 7.85. The Bertz CT molecular complexity index is 601. The predicted molar refractivity (Wildman–Crippen MR) is 82.2 cm³/mol. The Balaban J connectivity index is 1.98. The minimum absolute atomic E-state index is 0.348. The van der Waals surface area contributed by atoms with E-state index in [-0.39, 0.29) is 0 Å². The molecule has 108 valence electrons. The molecular weight excluding hydrogens is 272 g/mol. The Morgan fingerprint density at radius 2 is 2.10 bits per heavy atom. The van der Waals surface area contributed by atoms with Crippen molar-refractivity contribution in [3.63, 3.8) is 0 Å². The third kappa shape index (κ3) is 2.42. The molecule has 1 atom stereocenters. The lowest BCUT2D eigenvalue weighted by Crippen LogP contribution is -2.27. The summed E-state index contributed by atoms with van der Waals surface area (Å²) in [6, 6.07) is 2.35. The van der Waals surface area contributed by atoms with E-state index in [4.69, 9.17) is 11.6 Å². The van der Waals surface area contributed by atoms with E-state index in [2.05, 4.69) is 33.3 Å². The van der Waals surface area contributed by atoms with Crippen molar-refractivity contribution >= 4 is 22.8 Å². The average Bonchev–Trinajstić information content (AvgIpc) is 3.05. The molecule has 1 fully saturated rings. The van der Waals surface area contributed by atoms with Gasteiger partial charge in [-0.05, 0) is 51.4 Å². The maximum Gasteiger partial charge on any atom is 0.160 e. The Hall–Kier alpha value is -1.13. The second kappa shape index (κ2) is 5.70. The van der Waals surface area contributed by atoms with E-state index in [1.54, 1.807) is 0 Å². The number of halogens is 1. The summed E-state index contributed by atoms with van der Waals surface area (Å²) < 4.78 is 2.22. The minimum Gasteiger partial charge on any atom is -0.308 e. The van der Waals surface area contributed by atoms with Gasteiger partial charge >= 0.3 is 0 Å². The van der Waals surface area contributed by atoms with Crippen molar-refractivity contribution in [3.05, 3.63) is 23.7 Å². The highest BCUT2D eigenvalue weighted by molar-refractivity contribution is 6.16. The smallest absolute Gasteiger partial charge is 0.160 e. The van der Waals surface area contributed by atoms with Crippen LogP contribution in [0.1, 0.15) is 37.2 Å². The standard InChI is InChI=1S/C15H21ClN4/c1-11-5-6-17-15-14(11)18-13(9-16)20(15)12(2)10-19-7-3-4-8-19/h5-6,12H,3-4,7-10H2,1-2H3. The Kier molecular flexibility index (Phi) is 3.94. The number of pyridine rings is 1. The lowest BCUT2D eigenvalue weighted by Gasteiger charge is -2.22. The average molecular weight is 293 g/mol. The highest BCUT2D eigenvalue weighted by atomic mass is 35.5. The molecule has 1 aliphatic rings. The molecular formula is C15H21ClN4. The summed E-state index contributed by atoms with van der Waals surface area (Å²) in [7, 11) is 0. The second-order valence-electron chi connectivity index (χ2n) is 5.69. The lowest BCUT2D eigenvalue weighted by molar-refractivity contribution is 0.288. The van der Waals surface area contributed by atoms with Crippen molar-refractivity contribution in [2.75, 3.05) is 19.6 Å². The van der Waals surface area contributed by atoms with Gasteiger partial charge in [0.2, 0.25) is 0 Å². The number of imidazole rings is 1. The monoisotopic (exact) mass is 292 g/mol. The van der Waals surface area contributed by atoms with Gasteiger partial charge in [-0.2, -0.15) is 0 Å². The Morgan fingerprint density at radius 1 is 1.35 bits per heavy atom. The zero-order valence-electron chi connectivity index (χ0n) is 12.1. The van der Waals surface area contributed by atoms with Crippen LogP contribution in [0.2, 0.25) is 0 Å². The van der Waals surface area contributed by atoms with Crippen molar-refractivity contribution in [2.45, 2.75) is 38.6 Å². The number of aryl methyl sites for hydroxylation is 1. The maximum atomic E-state index is 6.09. The summed E-state index contributed by atoms with van der Waals surface area (Å²) in [5.41, 5.74) is 3.11. The molecule has 2 aromatic rings. The molecule has 0 amide bonds. The van der Waals surface area contributed by atoms with Crippen LogP contribution >= 0.6 is 11.6 Å². The molecule has 0 saturated carbocycles. The molecule has 0 N–H and O–H groups in total. The molecule has 2 aromatic heterocycles. The Labute approximate surface area is 124 Å². The van der Waals surface area contributed by atoms with Crippen molar-refractivity contribution in [2.24, 2.45) is 0 Å². The molecule has 0 bridgehead atoms. The van der Waals surface area contributed by atoms with Crippen LogP contribution in [0.15, 0.2) is 12.3 Å². The normalized spacial score (nSPS) is 17.9. The number of fused-ring (bicyclic) bond motifs is 1. The summed E-state index contributed by atoms with van der Waals surface area (Å²) in [5, 5.41) is 0. The van der Waals surface area contributed by atoms with Crippen molar-refractivity contribution < 1.29 is 0 Å². The third-order valence-electron chi connectivity index (χ3n) is 4.14. The van der Waals surface area contributed by atoms with Gasteiger partial charge < -0.3 is 9.47 Å². The van der Waals surface area contributed by atoms with Gasteiger partial charge in [0.15, 0.2) is 5.65 Å². The van der Waals surface area contributed by atoms with Crippen LogP contribution in [0.4, 0.5) is 0 Å². The fourth-order valence-electron chi connectivity index (χ4n) is 3.13. The summed E-state index contributed by atoms with van der Waals surface area (Å²) >= 11 is 6.09. The molecule has 20 heavy (non-hydrogen) atoms. The van der Waals surface area contributed by atoms with Crippen molar-refractivity contribution in [1.29, 1.82) is 0 Å². The molecule has 5 heteroatoms. The number of aromatic nitrogens is 3. The summed E-state index contributed by atoms with van der Waals surface area (Å²) in [6.45, 7) is 7.77. The largest absolute Gasteiger partial charge is 0.308 e. The fourth-order valence-corrected chi connectivity index (χ4v) is 3.32. The predicted octanol–water partition coefficient (Wildman–Crippen LogP) is 3.14. The first-order valence-electron chi connectivity index (χ1n) is 7.31. The highest BCUT2D eigenvalue weighted by Gasteiger charge is 2.21. The van der Waals surface area contributed by atoms with E-state index in [1.165, 1.54) is 25.9 Å². The van der Waals surface area contributed by atoms with Gasteiger partial charge in [0.05, 0.1) is 5.88 Å². The summed E-state index contributed by atoms with van der Waals surface area (Å²) in [5.74, 6) is 1.36. The van der Waals surface area contributed by atoms with E-state index < -0.39 is 0 Å². The van der Waals surface area contributed by atoms with Crippen molar-refractivity contribution in [3.8, 4) is 0 Å². The number of hydrogen-bond acceptors (Lipinski definition) is 3. The van der Waals surface area contributed by atoms with Gasteiger partial charge in [-0.25, -0.2) is 9.97 Å². The van der Waals surface area contributed by atoms with Crippen LogP contribution in [0, 0.1) is 6.92 Å². The van der Waals surface area contributed by atoms with E-state index in [1.807, 2.05) is 12.3 Å². The van der Waals surface area contributed by atoms with Crippen LogP contribution < -0.4 is 0 Å². The molecule has 3 heterocycles. The van der Waals surface area contributed by atoms with Gasteiger partial charge in [-0.15, -0.1) is 11.6 Å². The lowest BCUT2D eigenvalue weighted by atomic mass is 10.2. The first-order chi connectivity index (χ1) is 9.70. The zero-order valence-corrected chi connectivity index (χ0v) is 12.9. The molecule has 0 aromatic carbocycles. The number of nitrogens with zero attached hydrogens (tertiary/aromatic N) is 4. The van der Waals surface area contributed by atoms with Gasteiger partial charge in [0.1, 0.15) is 11.3 Å². The molecule has 3 rings (SSSR count). The molecule has 1 saturated heterocycles. The van der Waals surface area contributed by atoms with Gasteiger partial charge in [-0.1, -0.05) is 0 Å². The topological polar surface area (TPSA) is 34.0 Å². The van der Waals surface area contributed by atoms with E-state index in [0.717, 1.165) is 29.1 Å². The number of alkyl halides is 1. The highest BCUT2D eigenvalue weighted by Crippen LogP contribution is 2.24. The molecule has 0 radical (unpaired) electrons. The van der Waals surface area contributed by atoms with Gasteiger partial charge in [0, 0.05) is 18.8 Å². The summed E-state index contributed by atoms with van der Waals surface area (Å²) in [6.07, 6.45) is 4.49. The Morgan fingerprint density at radius 3 is 2.80 bits per heavy atom. The van der Waals surface area contributed by atoms with Crippen molar-refractivity contribution in [1.82, 2.24) is 19.4 Å². The molecule has 1 aliphatic heterocycles. The third-order valence-corrected chi connectivity index (χ3v) is 4.37. The van der Waals surface area contributed by atoms with Crippen LogP contribution in [-0.4, -0.2) is 39.1 Å². The zero-order chi connectivity index (χ0) is 14.1. The summed E-state index contributed by atoms with van der Waals surface area (Å²) in [4.78, 5) is 11.7. The second-order valence-corrected chi connectivity index (χ2v) is 5.96. The van der Waals surface area contributed by atoms with Gasteiger partial charge in [0.25, 0.3) is 0 Å². The quantitative estimate of drug-likeness (QED) is 0.812. The van der Waals surface area contributed by atoms with Crippen LogP contribution in [0.25, 0.3) is 11.2 Å². The SMILES string of the molecule is Cc1ccnc2c1nc(CCl)n2C(C)CN1CCCC1. The molecule has 4 nitrogen and oxygen atoms in total. The molecule has 1 unspecified atom stereocenters. The number of rotatable bonds is 4. The minimum atomic E-state index is 0.348. The molecule has 0 spiro atoms. The van der Waals surface area contributed by atoms with Crippen LogP contribution in [-0.2, 0) is 5.88 Å². The fraction of sp³-hybridized carbons (Fsp3) is 0.600. The number of hydrogen-bond donors (Lipinski definition) is 0.